The molecule has 0 aliphatic heterocycles. The second kappa shape index (κ2) is 6.94. The number of hydrogen-bond acceptors (Lipinski definition) is 1. The second-order valence-corrected chi connectivity index (χ2v) is 5.84. The van der Waals surface area contributed by atoms with Crippen LogP contribution in [0.2, 0.25) is 0 Å². The zero-order valence-electron chi connectivity index (χ0n) is 12.4. The minimum Gasteiger partial charge on any atom is -0.494 e. The van der Waals surface area contributed by atoms with Crippen LogP contribution in [0.4, 0.5) is 0 Å². The van der Waals surface area contributed by atoms with Crippen LogP contribution in [0.1, 0.15) is 36.1 Å². The van der Waals surface area contributed by atoms with Gasteiger partial charge in [-0.1, -0.05) is 53.2 Å². The van der Waals surface area contributed by atoms with Gasteiger partial charge in [0.15, 0.2) is 0 Å². The van der Waals surface area contributed by atoms with Crippen molar-refractivity contribution >= 4 is 15.9 Å². The van der Waals surface area contributed by atoms with Crippen LogP contribution in [0.3, 0.4) is 0 Å². The highest BCUT2D eigenvalue weighted by atomic mass is 79.9. The maximum absolute atomic E-state index is 5.62. The fraction of sp³-hybridized carbons (Fsp3) is 0.333. The molecule has 2 rings (SSSR count). The Hall–Kier alpha value is -1.28. The Morgan fingerprint density at radius 3 is 2.25 bits per heavy atom. The maximum atomic E-state index is 5.62. The summed E-state index contributed by atoms with van der Waals surface area (Å²) in [6.45, 7) is 6.99. The third-order valence-electron chi connectivity index (χ3n) is 3.47. The predicted octanol–water partition coefficient (Wildman–Crippen LogP) is 5.31. The van der Waals surface area contributed by atoms with Crippen LogP contribution in [-0.2, 0) is 12.8 Å². The first-order chi connectivity index (χ1) is 9.63. The number of halogens is 1. The molecule has 0 unspecified atom stereocenters. The molecule has 0 amide bonds. The summed E-state index contributed by atoms with van der Waals surface area (Å²) in [6.07, 6.45) is 2.03. The normalized spacial score (nSPS) is 10.6. The lowest BCUT2D eigenvalue weighted by molar-refractivity contribution is 0.337. The number of rotatable bonds is 5. The van der Waals surface area contributed by atoms with Gasteiger partial charge in [-0.2, -0.15) is 0 Å². The Kier molecular flexibility index (Phi) is 5.24. The Morgan fingerprint density at radius 1 is 1.00 bits per heavy atom. The van der Waals surface area contributed by atoms with Gasteiger partial charge in [0.25, 0.3) is 0 Å². The average Bonchev–Trinajstić information content (AvgIpc) is 2.45. The lowest BCUT2D eigenvalue weighted by Crippen LogP contribution is -1.97. The Labute approximate surface area is 130 Å². The molecule has 2 aromatic rings. The van der Waals surface area contributed by atoms with Gasteiger partial charge in [0, 0.05) is 4.47 Å². The van der Waals surface area contributed by atoms with Crippen molar-refractivity contribution < 1.29 is 4.74 Å². The van der Waals surface area contributed by atoms with E-state index in [1.807, 2.05) is 6.92 Å². The molecule has 0 N–H and O–H groups in total. The Bertz CT molecular complexity index is 573. The maximum Gasteiger partial charge on any atom is 0.123 e. The molecule has 0 heterocycles. The summed E-state index contributed by atoms with van der Waals surface area (Å²) in [6, 6.07) is 13.2. The van der Waals surface area contributed by atoms with Gasteiger partial charge in [-0.15, -0.1) is 0 Å². The SMILES string of the molecule is CCOc1cc(Br)c(Cc2ccc(CC)cc2)cc1C. The molecular weight excluding hydrogens is 312 g/mol. The van der Waals surface area contributed by atoms with Gasteiger partial charge < -0.3 is 4.74 Å². The van der Waals surface area contributed by atoms with Crippen LogP contribution >= 0.6 is 15.9 Å². The van der Waals surface area contributed by atoms with Crippen molar-refractivity contribution in [3.05, 3.63) is 63.1 Å². The summed E-state index contributed by atoms with van der Waals surface area (Å²) in [7, 11) is 0. The fourth-order valence-electron chi connectivity index (χ4n) is 2.28. The van der Waals surface area contributed by atoms with Crippen molar-refractivity contribution in [2.45, 2.75) is 33.6 Å². The zero-order chi connectivity index (χ0) is 14.5. The number of benzene rings is 2. The van der Waals surface area contributed by atoms with Gasteiger partial charge in [0.05, 0.1) is 6.61 Å². The van der Waals surface area contributed by atoms with Crippen molar-refractivity contribution in [2.24, 2.45) is 0 Å². The van der Waals surface area contributed by atoms with E-state index in [-0.39, 0.29) is 0 Å². The summed E-state index contributed by atoms with van der Waals surface area (Å²) >= 11 is 3.66. The van der Waals surface area contributed by atoms with Crippen LogP contribution in [0.25, 0.3) is 0 Å². The van der Waals surface area contributed by atoms with E-state index in [1.165, 1.54) is 22.3 Å². The molecule has 0 spiro atoms. The lowest BCUT2D eigenvalue weighted by atomic mass is 10.0. The first kappa shape index (κ1) is 15.1. The van der Waals surface area contributed by atoms with Gasteiger partial charge in [0.2, 0.25) is 0 Å². The van der Waals surface area contributed by atoms with E-state index >= 15 is 0 Å². The largest absolute Gasteiger partial charge is 0.494 e. The van der Waals surface area contributed by atoms with E-state index in [0.29, 0.717) is 6.61 Å². The second-order valence-electron chi connectivity index (χ2n) is 4.99. The third-order valence-corrected chi connectivity index (χ3v) is 4.21. The van der Waals surface area contributed by atoms with Crippen molar-refractivity contribution in [3.8, 4) is 5.75 Å². The highest BCUT2D eigenvalue weighted by Gasteiger charge is 2.07. The van der Waals surface area contributed by atoms with Crippen LogP contribution in [0.15, 0.2) is 40.9 Å². The summed E-state index contributed by atoms with van der Waals surface area (Å²) in [5, 5.41) is 0. The molecule has 0 bridgehead atoms. The van der Waals surface area contributed by atoms with Gasteiger partial charge in [0.1, 0.15) is 5.75 Å². The molecule has 0 aliphatic carbocycles. The highest BCUT2D eigenvalue weighted by molar-refractivity contribution is 9.10. The molecule has 2 aromatic carbocycles. The molecule has 0 saturated heterocycles. The third kappa shape index (κ3) is 3.63. The number of ether oxygens (including phenoxy) is 1. The van der Waals surface area contributed by atoms with Crippen LogP contribution in [0, 0.1) is 6.92 Å². The molecule has 0 aliphatic rings. The average molecular weight is 333 g/mol. The smallest absolute Gasteiger partial charge is 0.123 e. The molecule has 106 valence electrons. The zero-order valence-corrected chi connectivity index (χ0v) is 14.0. The van der Waals surface area contributed by atoms with Crippen molar-refractivity contribution in [1.29, 1.82) is 0 Å². The monoisotopic (exact) mass is 332 g/mol. The van der Waals surface area contributed by atoms with Gasteiger partial charge in [-0.3, -0.25) is 0 Å². The van der Waals surface area contributed by atoms with Crippen LogP contribution < -0.4 is 4.74 Å². The molecule has 2 heteroatoms. The summed E-state index contributed by atoms with van der Waals surface area (Å²) in [4.78, 5) is 0. The molecule has 0 fully saturated rings. The van der Waals surface area contributed by atoms with Crippen molar-refractivity contribution in [3.63, 3.8) is 0 Å². The van der Waals surface area contributed by atoms with Crippen molar-refractivity contribution in [2.75, 3.05) is 6.61 Å². The highest BCUT2D eigenvalue weighted by Crippen LogP contribution is 2.29. The topological polar surface area (TPSA) is 9.23 Å². The standard InChI is InChI=1S/C18H21BrO/c1-4-14-6-8-15(9-7-14)11-16-10-13(3)18(20-5-2)12-17(16)19/h6-10,12H,4-5,11H2,1-3H3. The molecule has 0 aromatic heterocycles. The Balaban J connectivity index is 2.22. The van der Waals surface area contributed by atoms with E-state index in [2.05, 4.69) is 66.2 Å². The van der Waals surface area contributed by atoms with Gasteiger partial charge in [-0.25, -0.2) is 0 Å². The lowest BCUT2D eigenvalue weighted by Gasteiger charge is -2.12. The number of aryl methyl sites for hydroxylation is 2. The van der Waals surface area contributed by atoms with E-state index in [1.54, 1.807) is 0 Å². The Morgan fingerprint density at radius 2 is 1.65 bits per heavy atom. The molecule has 0 atom stereocenters. The summed E-state index contributed by atoms with van der Waals surface area (Å²) < 4.78 is 6.74. The van der Waals surface area contributed by atoms with Gasteiger partial charge >= 0.3 is 0 Å². The first-order valence-electron chi connectivity index (χ1n) is 7.13. The minimum atomic E-state index is 0.700. The predicted molar refractivity (Wildman–Crippen MR) is 88.7 cm³/mol. The molecule has 0 saturated carbocycles. The van der Waals surface area contributed by atoms with Crippen LogP contribution in [0.5, 0.6) is 5.75 Å². The molecule has 0 radical (unpaired) electrons. The van der Waals surface area contributed by atoms with E-state index in [4.69, 9.17) is 4.74 Å². The minimum absolute atomic E-state index is 0.700. The van der Waals surface area contributed by atoms with Crippen molar-refractivity contribution in [1.82, 2.24) is 0 Å². The molecule has 20 heavy (non-hydrogen) atoms. The molecular formula is C18H21BrO. The van der Waals surface area contributed by atoms with Gasteiger partial charge in [-0.05, 0) is 55.0 Å². The first-order valence-corrected chi connectivity index (χ1v) is 7.93. The van der Waals surface area contributed by atoms with E-state index < -0.39 is 0 Å². The van der Waals surface area contributed by atoms with E-state index in [9.17, 15) is 0 Å². The van der Waals surface area contributed by atoms with E-state index in [0.717, 1.165) is 23.1 Å². The van der Waals surface area contributed by atoms with Crippen LogP contribution in [-0.4, -0.2) is 6.61 Å². The molecule has 1 nitrogen and oxygen atoms in total. The quantitative estimate of drug-likeness (QED) is 0.720. The number of hydrogen-bond donors (Lipinski definition) is 0. The fourth-order valence-corrected chi connectivity index (χ4v) is 2.74. The summed E-state index contributed by atoms with van der Waals surface area (Å²) in [5.41, 5.74) is 5.22. The summed E-state index contributed by atoms with van der Waals surface area (Å²) in [5.74, 6) is 0.962.